The van der Waals surface area contributed by atoms with Crippen molar-refractivity contribution in [2.24, 2.45) is 0 Å². The van der Waals surface area contributed by atoms with Gasteiger partial charge < -0.3 is 10.1 Å². The zero-order valence-electron chi connectivity index (χ0n) is 14.6. The van der Waals surface area contributed by atoms with Crippen LogP contribution < -0.4 is 14.4 Å². The van der Waals surface area contributed by atoms with Gasteiger partial charge in [0.15, 0.2) is 0 Å². The van der Waals surface area contributed by atoms with E-state index in [2.05, 4.69) is 5.32 Å². The highest BCUT2D eigenvalue weighted by atomic mass is 35.5. The number of carbonyl (C=O) groups is 1. The van der Waals surface area contributed by atoms with E-state index < -0.39 is 15.9 Å². The Labute approximate surface area is 158 Å². The Morgan fingerprint density at radius 2 is 1.81 bits per heavy atom. The van der Waals surface area contributed by atoms with Crippen LogP contribution in [0.1, 0.15) is 12.5 Å². The minimum Gasteiger partial charge on any atom is -0.494 e. The molecule has 2 rings (SSSR count). The Morgan fingerprint density at radius 3 is 2.46 bits per heavy atom. The molecule has 0 spiro atoms. The lowest BCUT2D eigenvalue weighted by molar-refractivity contribution is -0.119. The Hall–Kier alpha value is -2.25. The molecule has 0 saturated carbocycles. The average molecular weight is 397 g/mol. The smallest absolute Gasteiger partial charge is 0.241 e. The van der Waals surface area contributed by atoms with Crippen LogP contribution in [0.3, 0.4) is 0 Å². The number of halogens is 1. The Kier molecular flexibility index (Phi) is 6.88. The van der Waals surface area contributed by atoms with Crippen LogP contribution in [-0.4, -0.2) is 33.7 Å². The SMILES string of the molecule is CCOc1ccccc1CNC(=O)CN(c1ccccc1Cl)S(C)(=O)=O. The summed E-state index contributed by atoms with van der Waals surface area (Å²) in [5.41, 5.74) is 1.08. The van der Waals surface area contributed by atoms with Gasteiger partial charge in [-0.15, -0.1) is 0 Å². The van der Waals surface area contributed by atoms with Gasteiger partial charge in [-0.3, -0.25) is 9.10 Å². The maximum Gasteiger partial charge on any atom is 0.241 e. The summed E-state index contributed by atoms with van der Waals surface area (Å²) in [4.78, 5) is 12.3. The number of nitrogens with one attached hydrogen (secondary N) is 1. The van der Waals surface area contributed by atoms with Crippen LogP contribution in [0.15, 0.2) is 48.5 Å². The number of carbonyl (C=O) groups excluding carboxylic acids is 1. The van der Waals surface area contributed by atoms with Crippen LogP contribution in [0.2, 0.25) is 5.02 Å². The van der Waals surface area contributed by atoms with E-state index in [0.29, 0.717) is 12.4 Å². The second kappa shape index (κ2) is 8.91. The predicted octanol–water partition coefficient (Wildman–Crippen LogP) is 2.82. The Balaban J connectivity index is 2.11. The third-order valence-electron chi connectivity index (χ3n) is 3.56. The predicted molar refractivity (Wildman–Crippen MR) is 103 cm³/mol. The molecule has 2 aromatic rings. The lowest BCUT2D eigenvalue weighted by Gasteiger charge is -2.23. The van der Waals surface area contributed by atoms with Gasteiger partial charge in [-0.25, -0.2) is 8.42 Å². The lowest BCUT2D eigenvalue weighted by Crippen LogP contribution is -2.40. The first-order valence-electron chi connectivity index (χ1n) is 8.02. The van der Waals surface area contributed by atoms with Gasteiger partial charge in [0.05, 0.1) is 23.6 Å². The van der Waals surface area contributed by atoms with Crippen LogP contribution in [-0.2, 0) is 21.4 Å². The molecular weight excluding hydrogens is 376 g/mol. The van der Waals surface area contributed by atoms with E-state index >= 15 is 0 Å². The molecule has 0 aliphatic rings. The highest BCUT2D eigenvalue weighted by molar-refractivity contribution is 7.92. The summed E-state index contributed by atoms with van der Waals surface area (Å²) in [6, 6.07) is 13.8. The number of sulfonamides is 1. The summed E-state index contributed by atoms with van der Waals surface area (Å²) in [5.74, 6) is 0.239. The standard InChI is InChI=1S/C18H21ClN2O4S/c1-3-25-17-11-7-4-8-14(17)12-20-18(22)13-21(26(2,23)24)16-10-6-5-9-15(16)19/h4-11H,3,12-13H2,1-2H3,(H,20,22). The van der Waals surface area contributed by atoms with Crippen molar-refractivity contribution in [1.29, 1.82) is 0 Å². The topological polar surface area (TPSA) is 75.7 Å². The van der Waals surface area contributed by atoms with Gasteiger partial charge in [0.25, 0.3) is 0 Å². The van der Waals surface area contributed by atoms with Crippen LogP contribution in [0.4, 0.5) is 5.69 Å². The van der Waals surface area contributed by atoms with E-state index in [1.54, 1.807) is 24.3 Å². The fourth-order valence-electron chi connectivity index (χ4n) is 2.36. The molecular formula is C18H21ClN2O4S. The summed E-state index contributed by atoms with van der Waals surface area (Å²) < 4.78 is 30.7. The third-order valence-corrected chi connectivity index (χ3v) is 5.00. The molecule has 1 amide bonds. The van der Waals surface area contributed by atoms with Crippen LogP contribution in [0.5, 0.6) is 5.75 Å². The molecule has 6 nitrogen and oxygen atoms in total. The summed E-state index contributed by atoms with van der Waals surface area (Å²) in [6.45, 7) is 2.26. The molecule has 0 aliphatic carbocycles. The van der Waals surface area contributed by atoms with Crippen molar-refractivity contribution in [2.75, 3.05) is 23.7 Å². The van der Waals surface area contributed by atoms with Gasteiger partial charge >= 0.3 is 0 Å². The molecule has 26 heavy (non-hydrogen) atoms. The first-order valence-corrected chi connectivity index (χ1v) is 10.2. The molecule has 0 atom stereocenters. The average Bonchev–Trinajstić information content (AvgIpc) is 2.59. The molecule has 0 fully saturated rings. The van der Waals surface area contributed by atoms with Crippen molar-refractivity contribution in [3.63, 3.8) is 0 Å². The number of nitrogens with zero attached hydrogens (tertiary/aromatic N) is 1. The fraction of sp³-hybridized carbons (Fsp3) is 0.278. The van der Waals surface area contributed by atoms with Gasteiger partial charge in [0.1, 0.15) is 12.3 Å². The zero-order chi connectivity index (χ0) is 19.2. The van der Waals surface area contributed by atoms with E-state index in [0.717, 1.165) is 16.1 Å². The second-order valence-corrected chi connectivity index (χ2v) is 7.85. The molecule has 140 valence electrons. The first-order chi connectivity index (χ1) is 12.3. The number of ether oxygens (including phenoxy) is 1. The number of para-hydroxylation sites is 2. The van der Waals surface area contributed by atoms with Crippen LogP contribution in [0.25, 0.3) is 0 Å². The molecule has 8 heteroatoms. The first kappa shape index (κ1) is 20.1. The van der Waals surface area contributed by atoms with Gasteiger partial charge in [-0.2, -0.15) is 0 Å². The number of hydrogen-bond acceptors (Lipinski definition) is 4. The summed E-state index contributed by atoms with van der Waals surface area (Å²) in [6.07, 6.45) is 1.04. The third kappa shape index (κ3) is 5.37. The highest BCUT2D eigenvalue weighted by Gasteiger charge is 2.22. The van der Waals surface area contributed by atoms with E-state index in [9.17, 15) is 13.2 Å². The maximum absolute atomic E-state index is 12.3. The Bertz CT molecular complexity index is 871. The van der Waals surface area contributed by atoms with Gasteiger partial charge in [-0.1, -0.05) is 41.9 Å². The largest absolute Gasteiger partial charge is 0.494 e. The van der Waals surface area contributed by atoms with Crippen molar-refractivity contribution in [3.05, 3.63) is 59.1 Å². The summed E-state index contributed by atoms with van der Waals surface area (Å²) in [5, 5.41) is 2.98. The van der Waals surface area contributed by atoms with E-state index in [1.165, 1.54) is 0 Å². The quantitative estimate of drug-likeness (QED) is 0.744. The van der Waals surface area contributed by atoms with Crippen molar-refractivity contribution in [2.45, 2.75) is 13.5 Å². The van der Waals surface area contributed by atoms with Crippen molar-refractivity contribution in [3.8, 4) is 5.75 Å². The molecule has 0 heterocycles. The minimum atomic E-state index is -3.67. The number of hydrogen-bond donors (Lipinski definition) is 1. The molecule has 0 unspecified atom stereocenters. The van der Waals surface area contributed by atoms with Gasteiger partial charge in [0, 0.05) is 12.1 Å². The number of rotatable bonds is 8. The van der Waals surface area contributed by atoms with Crippen molar-refractivity contribution < 1.29 is 17.9 Å². The Morgan fingerprint density at radius 1 is 1.15 bits per heavy atom. The van der Waals surface area contributed by atoms with Gasteiger partial charge in [0.2, 0.25) is 15.9 Å². The molecule has 0 saturated heterocycles. The number of anilines is 1. The molecule has 0 aliphatic heterocycles. The van der Waals surface area contributed by atoms with E-state index in [1.807, 2.05) is 31.2 Å². The van der Waals surface area contributed by atoms with E-state index in [-0.39, 0.29) is 23.8 Å². The molecule has 1 N–H and O–H groups in total. The minimum absolute atomic E-state index is 0.231. The maximum atomic E-state index is 12.3. The van der Waals surface area contributed by atoms with Crippen molar-refractivity contribution >= 4 is 33.2 Å². The molecule has 0 bridgehead atoms. The fourth-order valence-corrected chi connectivity index (χ4v) is 3.52. The zero-order valence-corrected chi connectivity index (χ0v) is 16.2. The normalized spacial score (nSPS) is 11.0. The monoisotopic (exact) mass is 396 g/mol. The van der Waals surface area contributed by atoms with E-state index in [4.69, 9.17) is 16.3 Å². The highest BCUT2D eigenvalue weighted by Crippen LogP contribution is 2.27. The van der Waals surface area contributed by atoms with Crippen molar-refractivity contribution in [1.82, 2.24) is 5.32 Å². The van der Waals surface area contributed by atoms with Crippen LogP contribution >= 0.6 is 11.6 Å². The molecule has 0 aromatic heterocycles. The number of benzene rings is 2. The lowest BCUT2D eigenvalue weighted by atomic mass is 10.2. The van der Waals surface area contributed by atoms with Gasteiger partial charge in [-0.05, 0) is 25.1 Å². The summed E-state index contributed by atoms with van der Waals surface area (Å²) >= 11 is 6.08. The second-order valence-electron chi connectivity index (χ2n) is 5.54. The number of amides is 1. The molecule has 2 aromatic carbocycles. The summed E-state index contributed by atoms with van der Waals surface area (Å²) in [7, 11) is -3.67. The van der Waals surface area contributed by atoms with Crippen LogP contribution in [0, 0.1) is 0 Å². The molecule has 0 radical (unpaired) electrons.